The van der Waals surface area contributed by atoms with E-state index in [1.54, 1.807) is 12.1 Å². The minimum absolute atomic E-state index is 0.124. The zero-order valence-corrected chi connectivity index (χ0v) is 15.2. The van der Waals surface area contributed by atoms with Crippen LogP contribution in [0, 0.1) is 11.3 Å². The molecule has 0 heterocycles. The van der Waals surface area contributed by atoms with E-state index < -0.39 is 10.0 Å². The highest BCUT2D eigenvalue weighted by Crippen LogP contribution is 2.23. The van der Waals surface area contributed by atoms with Crippen LogP contribution < -0.4 is 9.46 Å². The molecule has 0 spiro atoms. The van der Waals surface area contributed by atoms with Crippen molar-refractivity contribution in [2.24, 2.45) is 0 Å². The number of hydrogen-bond donors (Lipinski definition) is 1. The number of hydrogen-bond acceptors (Lipinski definition) is 4. The molecule has 5 nitrogen and oxygen atoms in total. The Bertz CT molecular complexity index is 822. The van der Waals surface area contributed by atoms with Crippen LogP contribution in [-0.4, -0.2) is 26.8 Å². The molecular weight excluding hydrogens is 336 g/mol. The summed E-state index contributed by atoms with van der Waals surface area (Å²) in [6, 6.07) is 17.0. The molecule has 2 rings (SSSR count). The average Bonchev–Trinajstić information content (AvgIpc) is 2.61. The van der Waals surface area contributed by atoms with Crippen LogP contribution in [0.1, 0.15) is 25.8 Å². The molecule has 132 valence electrons. The molecule has 0 aliphatic rings. The van der Waals surface area contributed by atoms with E-state index in [4.69, 9.17) is 10.00 Å². The van der Waals surface area contributed by atoms with Gasteiger partial charge in [0.25, 0.3) is 0 Å². The summed E-state index contributed by atoms with van der Waals surface area (Å²) in [4.78, 5) is 0. The fraction of sp³-hybridized carbons (Fsp3) is 0.316. The topological polar surface area (TPSA) is 79.2 Å². The second-order valence-corrected chi connectivity index (χ2v) is 7.74. The second-order valence-electron chi connectivity index (χ2n) is 5.81. The molecule has 0 aliphatic heterocycles. The van der Waals surface area contributed by atoms with Gasteiger partial charge in [-0.05, 0) is 48.7 Å². The zero-order valence-electron chi connectivity index (χ0n) is 14.4. The first-order chi connectivity index (χ1) is 11.9. The van der Waals surface area contributed by atoms with E-state index >= 15 is 0 Å². The Morgan fingerprint density at radius 3 is 2.16 bits per heavy atom. The van der Waals surface area contributed by atoms with E-state index in [1.165, 1.54) is 0 Å². The van der Waals surface area contributed by atoms with Gasteiger partial charge in [-0.15, -0.1) is 0 Å². The van der Waals surface area contributed by atoms with Gasteiger partial charge < -0.3 is 4.74 Å². The van der Waals surface area contributed by atoms with Gasteiger partial charge in [-0.1, -0.05) is 31.2 Å². The number of nitrogens with zero attached hydrogens (tertiary/aromatic N) is 1. The smallest absolute Gasteiger partial charge is 0.211 e. The molecule has 0 saturated heterocycles. The second kappa shape index (κ2) is 8.65. The third-order valence-corrected chi connectivity index (χ3v) is 5.15. The summed E-state index contributed by atoms with van der Waals surface area (Å²) in [5, 5.41) is 8.83. The van der Waals surface area contributed by atoms with Gasteiger partial charge in [0.05, 0.1) is 17.4 Å². The van der Waals surface area contributed by atoms with Crippen molar-refractivity contribution in [3.05, 3.63) is 54.1 Å². The number of ether oxygens (including phenoxy) is 1. The minimum Gasteiger partial charge on any atom is -0.489 e. The standard InChI is InChI=1S/C19H22N2O3S/c1-3-12-25(22,23)21-14-15(2)24-19-10-8-18(9-11-19)17-6-4-16(13-20)5-7-17/h4-11,15,21H,3,12,14H2,1-2H3. The average molecular weight is 358 g/mol. The van der Waals surface area contributed by atoms with Crippen LogP contribution in [0.15, 0.2) is 48.5 Å². The van der Waals surface area contributed by atoms with Crippen LogP contribution in [0.3, 0.4) is 0 Å². The molecule has 6 heteroatoms. The molecule has 2 aromatic carbocycles. The Balaban J connectivity index is 1.94. The van der Waals surface area contributed by atoms with Gasteiger partial charge in [-0.25, -0.2) is 13.1 Å². The van der Waals surface area contributed by atoms with E-state index in [0.29, 0.717) is 17.7 Å². The fourth-order valence-corrected chi connectivity index (χ4v) is 3.49. The maximum absolute atomic E-state index is 11.6. The van der Waals surface area contributed by atoms with Gasteiger partial charge in [-0.2, -0.15) is 5.26 Å². The van der Waals surface area contributed by atoms with Gasteiger partial charge in [-0.3, -0.25) is 0 Å². The molecule has 0 aliphatic carbocycles. The molecular formula is C19H22N2O3S. The molecule has 1 unspecified atom stereocenters. The lowest BCUT2D eigenvalue weighted by molar-refractivity contribution is 0.225. The Labute approximate surface area is 149 Å². The normalized spacial score (nSPS) is 12.4. The molecule has 1 atom stereocenters. The third kappa shape index (κ3) is 5.89. The fourth-order valence-electron chi connectivity index (χ4n) is 2.32. The van der Waals surface area contributed by atoms with Gasteiger partial charge in [0, 0.05) is 6.54 Å². The van der Waals surface area contributed by atoms with Crippen molar-refractivity contribution >= 4 is 10.0 Å². The quantitative estimate of drug-likeness (QED) is 0.785. The largest absolute Gasteiger partial charge is 0.489 e. The Morgan fingerprint density at radius 2 is 1.64 bits per heavy atom. The molecule has 0 radical (unpaired) electrons. The SMILES string of the molecule is CCCS(=O)(=O)NCC(C)Oc1ccc(-c2ccc(C#N)cc2)cc1. The molecule has 1 N–H and O–H groups in total. The van der Waals surface area contributed by atoms with Crippen LogP contribution >= 0.6 is 0 Å². The van der Waals surface area contributed by atoms with Crippen molar-refractivity contribution in [3.63, 3.8) is 0 Å². The molecule has 0 saturated carbocycles. The van der Waals surface area contributed by atoms with Crippen LogP contribution in [-0.2, 0) is 10.0 Å². The van der Waals surface area contributed by atoms with Crippen LogP contribution in [0.25, 0.3) is 11.1 Å². The van der Waals surface area contributed by atoms with E-state index in [2.05, 4.69) is 10.8 Å². The maximum Gasteiger partial charge on any atom is 0.211 e. The number of nitriles is 1. The molecule has 0 amide bonds. The summed E-state index contributed by atoms with van der Waals surface area (Å²) in [5.74, 6) is 0.804. The minimum atomic E-state index is -3.22. The van der Waals surface area contributed by atoms with Crippen LogP contribution in [0.4, 0.5) is 0 Å². The zero-order chi connectivity index (χ0) is 18.3. The first kappa shape index (κ1) is 19.0. The predicted octanol–water partition coefficient (Wildman–Crippen LogP) is 3.32. The van der Waals surface area contributed by atoms with E-state index in [-0.39, 0.29) is 18.4 Å². The van der Waals surface area contributed by atoms with Gasteiger partial charge in [0.2, 0.25) is 10.0 Å². The number of benzene rings is 2. The highest BCUT2D eigenvalue weighted by atomic mass is 32.2. The maximum atomic E-state index is 11.6. The van der Waals surface area contributed by atoms with Crippen molar-refractivity contribution in [2.45, 2.75) is 26.4 Å². The monoisotopic (exact) mass is 358 g/mol. The molecule has 0 aromatic heterocycles. The van der Waals surface area contributed by atoms with Gasteiger partial charge >= 0.3 is 0 Å². The van der Waals surface area contributed by atoms with Crippen molar-refractivity contribution in [3.8, 4) is 22.9 Å². The van der Waals surface area contributed by atoms with Gasteiger partial charge in [0.15, 0.2) is 0 Å². The lowest BCUT2D eigenvalue weighted by Crippen LogP contribution is -2.34. The molecule has 0 bridgehead atoms. The number of sulfonamides is 1. The number of rotatable bonds is 8. The number of nitrogens with one attached hydrogen (secondary N) is 1. The first-order valence-corrected chi connectivity index (χ1v) is 9.83. The summed E-state index contributed by atoms with van der Waals surface area (Å²) >= 11 is 0. The van der Waals surface area contributed by atoms with E-state index in [9.17, 15) is 8.42 Å². The summed E-state index contributed by atoms with van der Waals surface area (Å²) in [7, 11) is -3.22. The van der Waals surface area contributed by atoms with E-state index in [0.717, 1.165) is 11.1 Å². The predicted molar refractivity (Wildman–Crippen MR) is 98.8 cm³/mol. The third-order valence-electron chi connectivity index (χ3n) is 3.60. The lowest BCUT2D eigenvalue weighted by atomic mass is 10.0. The molecule has 25 heavy (non-hydrogen) atoms. The van der Waals surface area contributed by atoms with Crippen LogP contribution in [0.5, 0.6) is 5.75 Å². The molecule has 2 aromatic rings. The molecule has 0 fully saturated rings. The highest BCUT2D eigenvalue weighted by Gasteiger charge is 2.11. The summed E-state index contributed by atoms with van der Waals surface area (Å²) in [6.07, 6.45) is 0.314. The summed E-state index contributed by atoms with van der Waals surface area (Å²) in [6.45, 7) is 3.89. The van der Waals surface area contributed by atoms with Gasteiger partial charge in [0.1, 0.15) is 11.9 Å². The summed E-state index contributed by atoms with van der Waals surface area (Å²) in [5.41, 5.74) is 2.67. The Hall–Kier alpha value is -2.36. The van der Waals surface area contributed by atoms with Crippen molar-refractivity contribution < 1.29 is 13.2 Å². The highest BCUT2D eigenvalue weighted by molar-refractivity contribution is 7.89. The van der Waals surface area contributed by atoms with Crippen LogP contribution in [0.2, 0.25) is 0 Å². The van der Waals surface area contributed by atoms with E-state index in [1.807, 2.05) is 50.2 Å². The first-order valence-electron chi connectivity index (χ1n) is 8.18. The Kier molecular flexibility index (Phi) is 6.57. The van der Waals surface area contributed by atoms with Crippen molar-refractivity contribution in [1.29, 1.82) is 5.26 Å². The van der Waals surface area contributed by atoms with Crippen molar-refractivity contribution in [2.75, 3.05) is 12.3 Å². The Morgan fingerprint density at radius 1 is 1.08 bits per heavy atom. The summed E-state index contributed by atoms with van der Waals surface area (Å²) < 4.78 is 31.6. The lowest BCUT2D eigenvalue weighted by Gasteiger charge is -2.16. The van der Waals surface area contributed by atoms with Crippen molar-refractivity contribution in [1.82, 2.24) is 4.72 Å².